The number of benzene rings is 1. The van der Waals surface area contributed by atoms with Crippen molar-refractivity contribution < 1.29 is 14.3 Å². The minimum Gasteiger partial charge on any atom is -0.478 e. The minimum absolute atomic E-state index is 0.0170. The summed E-state index contributed by atoms with van der Waals surface area (Å²) < 4.78 is 15.6. The van der Waals surface area contributed by atoms with Gasteiger partial charge in [0, 0.05) is 12.2 Å². The van der Waals surface area contributed by atoms with Crippen LogP contribution in [0.1, 0.15) is 46.0 Å². The lowest BCUT2D eigenvalue weighted by Crippen LogP contribution is -2.11. The van der Waals surface area contributed by atoms with Gasteiger partial charge in [0.15, 0.2) is 0 Å². The molecule has 2 aromatic rings. The first-order valence-corrected chi connectivity index (χ1v) is 7.12. The molecule has 0 radical (unpaired) electrons. The molecule has 1 aliphatic rings. The van der Waals surface area contributed by atoms with E-state index in [0.29, 0.717) is 12.1 Å². The molecule has 1 N–H and O–H groups in total. The fraction of sp³-hybridized carbons (Fsp3) is 0.375. The first-order valence-electron chi connectivity index (χ1n) is 7.12. The van der Waals surface area contributed by atoms with Crippen molar-refractivity contribution in [3.63, 3.8) is 0 Å². The van der Waals surface area contributed by atoms with Gasteiger partial charge in [0.2, 0.25) is 0 Å². The highest BCUT2D eigenvalue weighted by Crippen LogP contribution is 2.23. The molecule has 3 rings (SSSR count). The van der Waals surface area contributed by atoms with Crippen molar-refractivity contribution in [2.75, 3.05) is 0 Å². The number of aromatic carboxylic acids is 1. The number of carbonyl (C=O) groups is 1. The van der Waals surface area contributed by atoms with Gasteiger partial charge in [0.1, 0.15) is 11.6 Å². The summed E-state index contributed by atoms with van der Waals surface area (Å²) in [5, 5.41) is 9.02. The van der Waals surface area contributed by atoms with Gasteiger partial charge in [-0.3, -0.25) is 0 Å². The predicted octanol–water partition coefficient (Wildman–Crippen LogP) is 2.96. The van der Waals surface area contributed by atoms with Crippen LogP contribution < -0.4 is 0 Å². The summed E-state index contributed by atoms with van der Waals surface area (Å²) in [5.41, 5.74) is 2.98. The van der Waals surface area contributed by atoms with Crippen molar-refractivity contribution in [1.29, 1.82) is 0 Å². The SMILES string of the molecule is Cc1nc2c(n1Cc1cc(F)cc(C(=O)O)c1)CCCC2. The molecule has 0 saturated carbocycles. The van der Waals surface area contributed by atoms with Gasteiger partial charge >= 0.3 is 5.97 Å². The Morgan fingerprint density at radius 1 is 1.33 bits per heavy atom. The van der Waals surface area contributed by atoms with E-state index in [9.17, 15) is 9.18 Å². The van der Waals surface area contributed by atoms with Gasteiger partial charge in [0.25, 0.3) is 0 Å². The molecule has 0 fully saturated rings. The lowest BCUT2D eigenvalue weighted by atomic mass is 10.0. The number of fused-ring (bicyclic) bond motifs is 1. The van der Waals surface area contributed by atoms with E-state index >= 15 is 0 Å². The average Bonchev–Trinajstić information content (AvgIpc) is 2.75. The number of hydrogen-bond donors (Lipinski definition) is 1. The Morgan fingerprint density at radius 3 is 2.86 bits per heavy atom. The minimum atomic E-state index is -1.11. The number of carboxylic acids is 1. The van der Waals surface area contributed by atoms with Gasteiger partial charge in [-0.2, -0.15) is 0 Å². The van der Waals surface area contributed by atoms with Gasteiger partial charge in [-0.25, -0.2) is 14.2 Å². The molecule has 0 bridgehead atoms. The van der Waals surface area contributed by atoms with Crippen LogP contribution >= 0.6 is 0 Å². The fourth-order valence-electron chi connectivity index (χ4n) is 2.99. The lowest BCUT2D eigenvalue weighted by Gasteiger charge is -2.15. The maximum Gasteiger partial charge on any atom is 0.335 e. The Balaban J connectivity index is 1.97. The van der Waals surface area contributed by atoms with Gasteiger partial charge in [-0.1, -0.05) is 0 Å². The molecule has 5 heteroatoms. The number of aryl methyl sites for hydroxylation is 2. The van der Waals surface area contributed by atoms with Crippen LogP contribution in [0.5, 0.6) is 0 Å². The number of hydrogen-bond acceptors (Lipinski definition) is 2. The summed E-state index contributed by atoms with van der Waals surface area (Å²) >= 11 is 0. The molecule has 0 aliphatic heterocycles. The van der Waals surface area contributed by atoms with Crippen LogP contribution in [0, 0.1) is 12.7 Å². The topological polar surface area (TPSA) is 55.1 Å². The molecule has 4 nitrogen and oxygen atoms in total. The first-order chi connectivity index (χ1) is 10.0. The summed E-state index contributed by atoms with van der Waals surface area (Å²) in [6.45, 7) is 2.40. The highest BCUT2D eigenvalue weighted by atomic mass is 19.1. The van der Waals surface area contributed by atoms with Gasteiger partial charge in [-0.05, 0) is 56.4 Å². The summed E-state index contributed by atoms with van der Waals surface area (Å²) in [4.78, 5) is 15.6. The van der Waals surface area contributed by atoms with Crippen LogP contribution in [-0.2, 0) is 19.4 Å². The van der Waals surface area contributed by atoms with Crippen LogP contribution in [0.15, 0.2) is 18.2 Å². The third kappa shape index (κ3) is 2.68. The second-order valence-corrected chi connectivity index (χ2v) is 5.50. The molecule has 0 unspecified atom stereocenters. The summed E-state index contributed by atoms with van der Waals surface area (Å²) in [5.74, 6) is -0.722. The average molecular weight is 288 g/mol. The van der Waals surface area contributed by atoms with Crippen molar-refractivity contribution in [3.05, 3.63) is 52.4 Å². The molecule has 0 spiro atoms. The van der Waals surface area contributed by atoms with Gasteiger partial charge < -0.3 is 9.67 Å². The molecule has 1 heterocycles. The van der Waals surface area contributed by atoms with E-state index in [-0.39, 0.29) is 5.56 Å². The normalized spacial score (nSPS) is 14.0. The van der Waals surface area contributed by atoms with E-state index in [1.807, 2.05) is 6.92 Å². The van der Waals surface area contributed by atoms with Crippen LogP contribution in [0.2, 0.25) is 0 Å². The largest absolute Gasteiger partial charge is 0.478 e. The second-order valence-electron chi connectivity index (χ2n) is 5.50. The second kappa shape index (κ2) is 5.31. The zero-order valence-corrected chi connectivity index (χ0v) is 11.9. The number of aromatic nitrogens is 2. The van der Waals surface area contributed by atoms with E-state index < -0.39 is 11.8 Å². The summed E-state index contributed by atoms with van der Waals surface area (Å²) in [6, 6.07) is 3.96. The van der Waals surface area contributed by atoms with Crippen LogP contribution in [-0.4, -0.2) is 20.6 Å². The number of nitrogens with zero attached hydrogens (tertiary/aromatic N) is 2. The first kappa shape index (κ1) is 13.8. The maximum absolute atomic E-state index is 13.6. The smallest absolute Gasteiger partial charge is 0.335 e. The Hall–Kier alpha value is -2.17. The number of rotatable bonds is 3. The number of halogens is 1. The van der Waals surface area contributed by atoms with Crippen LogP contribution in [0.3, 0.4) is 0 Å². The van der Waals surface area contributed by atoms with Crippen molar-refractivity contribution in [3.8, 4) is 0 Å². The Morgan fingerprint density at radius 2 is 2.10 bits per heavy atom. The van der Waals surface area contributed by atoms with Gasteiger partial charge in [0.05, 0.1) is 11.3 Å². The molecule has 1 aromatic heterocycles. The summed E-state index contributed by atoms with van der Waals surface area (Å²) in [6.07, 6.45) is 4.28. The Kier molecular flexibility index (Phi) is 3.49. The van der Waals surface area contributed by atoms with Crippen molar-refractivity contribution in [1.82, 2.24) is 9.55 Å². The lowest BCUT2D eigenvalue weighted by molar-refractivity contribution is 0.0696. The molecule has 110 valence electrons. The standard InChI is InChI=1S/C16H17FN2O2/c1-10-18-14-4-2-3-5-15(14)19(10)9-11-6-12(16(20)21)8-13(17)7-11/h6-8H,2-5,9H2,1H3,(H,20,21). The molecular formula is C16H17FN2O2. The highest BCUT2D eigenvalue weighted by molar-refractivity contribution is 5.87. The zero-order valence-electron chi connectivity index (χ0n) is 11.9. The number of imidazole rings is 1. The summed E-state index contributed by atoms with van der Waals surface area (Å²) in [7, 11) is 0. The third-order valence-electron chi connectivity index (χ3n) is 3.97. The van der Waals surface area contributed by atoms with Crippen molar-refractivity contribution >= 4 is 5.97 Å². The molecule has 0 atom stereocenters. The molecular weight excluding hydrogens is 271 g/mol. The van der Waals surface area contributed by atoms with E-state index in [0.717, 1.165) is 43.3 Å². The van der Waals surface area contributed by atoms with Gasteiger partial charge in [-0.15, -0.1) is 0 Å². The highest BCUT2D eigenvalue weighted by Gasteiger charge is 2.18. The fourth-order valence-corrected chi connectivity index (χ4v) is 2.99. The third-order valence-corrected chi connectivity index (χ3v) is 3.97. The number of carboxylic acid groups (broad SMARTS) is 1. The van der Waals surface area contributed by atoms with Crippen LogP contribution in [0.4, 0.5) is 4.39 Å². The monoisotopic (exact) mass is 288 g/mol. The molecule has 0 amide bonds. The Labute approximate surface area is 122 Å². The van der Waals surface area contributed by atoms with E-state index in [1.165, 1.54) is 17.8 Å². The van der Waals surface area contributed by atoms with Crippen LogP contribution in [0.25, 0.3) is 0 Å². The Bertz CT molecular complexity index is 707. The molecule has 0 saturated heterocycles. The van der Waals surface area contributed by atoms with E-state index in [4.69, 9.17) is 5.11 Å². The van der Waals surface area contributed by atoms with E-state index in [2.05, 4.69) is 9.55 Å². The van der Waals surface area contributed by atoms with Crippen molar-refractivity contribution in [2.24, 2.45) is 0 Å². The van der Waals surface area contributed by atoms with E-state index in [1.54, 1.807) is 0 Å². The molecule has 1 aromatic carbocycles. The van der Waals surface area contributed by atoms with Crippen molar-refractivity contribution in [2.45, 2.75) is 39.2 Å². The molecule has 1 aliphatic carbocycles. The maximum atomic E-state index is 13.6. The quantitative estimate of drug-likeness (QED) is 0.944. The zero-order chi connectivity index (χ0) is 15.0. The predicted molar refractivity (Wildman–Crippen MR) is 76.1 cm³/mol. The molecule has 21 heavy (non-hydrogen) atoms.